The van der Waals surface area contributed by atoms with Gasteiger partial charge in [0.05, 0.1) is 25.5 Å². The number of para-hydroxylation sites is 1. The zero-order valence-corrected chi connectivity index (χ0v) is 23.8. The highest BCUT2D eigenvalue weighted by atomic mass is 35.5. The largest absolute Gasteiger partial charge is 0.493 e. The number of hydrogen-bond donors (Lipinski definition) is 2. The maximum atomic E-state index is 11.4. The Labute approximate surface area is 235 Å². The number of carboxylic acid groups (broad SMARTS) is 1. The first-order valence-corrected chi connectivity index (χ1v) is 12.9. The molecule has 1 aliphatic rings. The number of carbonyl (C=O) groups is 1. The Bertz CT molecular complexity index is 1290. The van der Waals surface area contributed by atoms with E-state index >= 15 is 0 Å². The minimum absolute atomic E-state index is 0.116. The van der Waals surface area contributed by atoms with Crippen molar-refractivity contribution in [2.75, 3.05) is 32.7 Å². The summed E-state index contributed by atoms with van der Waals surface area (Å²) in [4.78, 5) is 15.1. The van der Waals surface area contributed by atoms with Crippen LogP contribution in [0, 0.1) is 11.3 Å². The van der Waals surface area contributed by atoms with Crippen LogP contribution in [-0.4, -0.2) is 56.1 Å². The molecule has 0 aliphatic carbocycles. The number of aliphatic carboxylic acids is 1. The number of rotatable bonds is 11. The van der Waals surface area contributed by atoms with Gasteiger partial charge in [-0.1, -0.05) is 50.7 Å². The highest BCUT2D eigenvalue weighted by molar-refractivity contribution is 6.30. The number of ether oxygens (including phenoxy) is 3. The highest BCUT2D eigenvalue weighted by Gasteiger charge is 2.36. The van der Waals surface area contributed by atoms with Crippen LogP contribution < -0.4 is 14.4 Å². The molecule has 0 fully saturated rings. The molecule has 2 N–H and O–H groups in total. The Morgan fingerprint density at radius 1 is 1.26 bits per heavy atom. The first kappa shape index (κ1) is 29.8. The Hall–Kier alpha value is -3.75. The minimum atomic E-state index is -1.16. The lowest BCUT2D eigenvalue weighted by Gasteiger charge is -2.33. The Morgan fingerprint density at radius 2 is 1.97 bits per heavy atom. The Morgan fingerprint density at radius 3 is 2.56 bits per heavy atom. The van der Waals surface area contributed by atoms with Gasteiger partial charge < -0.3 is 34.5 Å². The van der Waals surface area contributed by atoms with Gasteiger partial charge in [-0.25, -0.2) is 4.79 Å². The van der Waals surface area contributed by atoms with Gasteiger partial charge >= 0.3 is 5.97 Å². The number of nitrogens with zero attached hydrogens (tertiary/aromatic N) is 2. The topological polar surface area (TPSA) is 95.3 Å². The molecule has 1 heterocycles. The van der Waals surface area contributed by atoms with E-state index in [1.165, 1.54) is 6.20 Å². The fourth-order valence-corrected chi connectivity index (χ4v) is 4.70. The number of anilines is 1. The number of nitrogens with one attached hydrogen (secondary N) is 1. The molecule has 0 aromatic heterocycles. The van der Waals surface area contributed by atoms with E-state index in [1.54, 1.807) is 26.2 Å². The Kier molecular flexibility index (Phi) is 9.83. The van der Waals surface area contributed by atoms with Crippen LogP contribution in [0.3, 0.4) is 0 Å². The van der Waals surface area contributed by atoms with E-state index < -0.39 is 18.2 Å². The lowest BCUT2D eigenvalue weighted by molar-refractivity contribution is -0.132. The molecule has 0 saturated carbocycles. The molecule has 0 radical (unpaired) electrons. The standard InChI is InChI=1S/C30H36ClN3O5/c1-18(2)19(3)34-20(4)26(13-14-33(5)17-21(16-32)30(35)36)39-28(24-15-22(31)11-12-25(24)34)23-9-8-10-27(37-6)29(23)38-7/h8-12,15-18,26,28,32H,3-4,13-14H2,1-2,5-7H3,(H,35,36)/b21-17+,32-16?/t26-,28-/m1/s1. The number of halogens is 1. The monoisotopic (exact) mass is 553 g/mol. The van der Waals surface area contributed by atoms with E-state index in [0.717, 1.165) is 28.7 Å². The molecule has 208 valence electrons. The summed E-state index contributed by atoms with van der Waals surface area (Å²) in [6, 6.07) is 11.3. The lowest BCUT2D eigenvalue weighted by Crippen LogP contribution is -2.32. The third-order valence-corrected chi connectivity index (χ3v) is 6.88. The molecule has 0 unspecified atom stereocenters. The molecular weight excluding hydrogens is 518 g/mol. The van der Waals surface area contributed by atoms with E-state index in [4.69, 9.17) is 31.2 Å². The average molecular weight is 554 g/mol. The summed E-state index contributed by atoms with van der Waals surface area (Å²) in [7, 11) is 4.93. The first-order valence-electron chi connectivity index (χ1n) is 12.5. The fourth-order valence-electron chi connectivity index (χ4n) is 4.52. The van der Waals surface area contributed by atoms with Gasteiger partial charge in [-0.2, -0.15) is 0 Å². The van der Waals surface area contributed by atoms with Crippen LogP contribution in [0.2, 0.25) is 5.02 Å². The van der Waals surface area contributed by atoms with Gasteiger partial charge in [-0.3, -0.25) is 0 Å². The van der Waals surface area contributed by atoms with Crippen molar-refractivity contribution in [2.45, 2.75) is 32.5 Å². The fraction of sp³-hybridized carbons (Fsp3) is 0.333. The van der Waals surface area contributed by atoms with Crippen molar-refractivity contribution in [1.29, 1.82) is 5.41 Å². The molecule has 0 amide bonds. The second-order valence-electron chi connectivity index (χ2n) is 9.57. The maximum Gasteiger partial charge on any atom is 0.338 e. The molecule has 8 nitrogen and oxygen atoms in total. The van der Waals surface area contributed by atoms with Crippen LogP contribution in [-0.2, 0) is 9.53 Å². The van der Waals surface area contributed by atoms with Crippen LogP contribution in [0.15, 0.2) is 72.7 Å². The number of allylic oxidation sites excluding steroid dienone is 1. The molecule has 1 aliphatic heterocycles. The molecule has 0 bridgehead atoms. The highest BCUT2D eigenvalue weighted by Crippen LogP contribution is 2.47. The van der Waals surface area contributed by atoms with Gasteiger partial charge in [0.2, 0.25) is 0 Å². The van der Waals surface area contributed by atoms with Gasteiger partial charge in [0.15, 0.2) is 11.5 Å². The van der Waals surface area contributed by atoms with Crippen molar-refractivity contribution in [3.63, 3.8) is 0 Å². The van der Waals surface area contributed by atoms with E-state index in [-0.39, 0.29) is 11.5 Å². The van der Waals surface area contributed by atoms with Crippen molar-refractivity contribution in [3.05, 3.63) is 88.9 Å². The smallest absolute Gasteiger partial charge is 0.338 e. The molecule has 2 aromatic carbocycles. The number of fused-ring (bicyclic) bond motifs is 1. The second-order valence-corrected chi connectivity index (χ2v) is 10.0. The number of methoxy groups -OCH3 is 2. The van der Waals surface area contributed by atoms with E-state index in [2.05, 4.69) is 27.0 Å². The van der Waals surface area contributed by atoms with Crippen LogP contribution in [0.4, 0.5) is 5.69 Å². The number of benzene rings is 2. The van der Waals surface area contributed by atoms with E-state index in [0.29, 0.717) is 35.2 Å². The normalized spacial score (nSPS) is 17.4. The molecule has 3 rings (SSSR count). The third-order valence-electron chi connectivity index (χ3n) is 6.65. The summed E-state index contributed by atoms with van der Waals surface area (Å²) in [5, 5.41) is 17.2. The molecule has 39 heavy (non-hydrogen) atoms. The number of carboxylic acids is 1. The zero-order valence-electron chi connectivity index (χ0n) is 23.0. The summed E-state index contributed by atoms with van der Waals surface area (Å²) in [6.45, 7) is 13.4. The zero-order chi connectivity index (χ0) is 28.9. The molecule has 0 spiro atoms. The van der Waals surface area contributed by atoms with Crippen LogP contribution in [0.5, 0.6) is 11.5 Å². The molecule has 2 atom stereocenters. The maximum absolute atomic E-state index is 11.4. The van der Waals surface area contributed by atoms with Crippen LogP contribution in [0.25, 0.3) is 0 Å². The van der Waals surface area contributed by atoms with Gasteiger partial charge in [-0.05, 0) is 36.6 Å². The van der Waals surface area contributed by atoms with Crippen molar-refractivity contribution in [3.8, 4) is 11.5 Å². The van der Waals surface area contributed by atoms with Crippen molar-refractivity contribution < 1.29 is 24.1 Å². The summed E-state index contributed by atoms with van der Waals surface area (Å²) < 4.78 is 18.2. The first-order chi connectivity index (χ1) is 18.5. The quantitative estimate of drug-likeness (QED) is 0.250. The summed E-state index contributed by atoms with van der Waals surface area (Å²) >= 11 is 6.51. The molecule has 0 saturated heterocycles. The van der Waals surface area contributed by atoms with Gasteiger partial charge in [0.25, 0.3) is 0 Å². The van der Waals surface area contributed by atoms with Gasteiger partial charge in [0, 0.05) is 53.6 Å². The van der Waals surface area contributed by atoms with E-state index in [9.17, 15) is 9.90 Å². The molecular formula is C30H36ClN3O5. The van der Waals surface area contributed by atoms with Gasteiger partial charge in [-0.15, -0.1) is 0 Å². The third kappa shape index (κ3) is 6.46. The predicted molar refractivity (Wildman–Crippen MR) is 155 cm³/mol. The van der Waals surface area contributed by atoms with Gasteiger partial charge in [0.1, 0.15) is 12.2 Å². The molecule has 9 heteroatoms. The SMILES string of the molecule is C=C(C(C)C)N1C(=C)[C@@H](CCN(C)/C=C(\C=N)C(=O)O)O[C@H](c2cccc(OC)c2OC)c2cc(Cl)ccc21. The summed E-state index contributed by atoms with van der Waals surface area (Å²) in [5.74, 6) is 0.0746. The molecule has 2 aromatic rings. The summed E-state index contributed by atoms with van der Waals surface area (Å²) in [6.07, 6.45) is 1.64. The lowest BCUT2D eigenvalue weighted by atomic mass is 9.97. The predicted octanol–water partition coefficient (Wildman–Crippen LogP) is 6.28. The Balaban J connectivity index is 2.16. The minimum Gasteiger partial charge on any atom is -0.493 e. The number of hydrogen-bond acceptors (Lipinski definition) is 7. The summed E-state index contributed by atoms with van der Waals surface area (Å²) in [5.41, 5.74) is 3.87. The van der Waals surface area contributed by atoms with Crippen molar-refractivity contribution in [2.24, 2.45) is 5.92 Å². The van der Waals surface area contributed by atoms with Crippen LogP contribution >= 0.6 is 11.6 Å². The van der Waals surface area contributed by atoms with Crippen LogP contribution in [0.1, 0.15) is 37.5 Å². The van der Waals surface area contributed by atoms with Crippen molar-refractivity contribution >= 4 is 29.5 Å². The average Bonchev–Trinajstić information content (AvgIpc) is 3.02. The van der Waals surface area contributed by atoms with Crippen molar-refractivity contribution in [1.82, 2.24) is 4.90 Å². The second kappa shape index (κ2) is 12.9. The van der Waals surface area contributed by atoms with E-state index in [1.807, 2.05) is 41.3 Å².